The minimum Gasteiger partial charge on any atom is -0.397 e. The smallest absolute Gasteiger partial charge is 0.0623 e. The zero-order chi connectivity index (χ0) is 10.7. The lowest BCUT2D eigenvalue weighted by Gasteiger charge is -2.16. The highest BCUT2D eigenvalue weighted by atomic mass is 35.5. The van der Waals surface area contributed by atoms with Crippen LogP contribution in [0.15, 0.2) is 24.8 Å². The first-order valence-corrected chi connectivity index (χ1v) is 4.87. The van der Waals surface area contributed by atoms with Crippen LogP contribution in [0.1, 0.15) is 12.5 Å². The molecule has 0 aliphatic heterocycles. The second-order valence-electron chi connectivity index (χ2n) is 3.31. The van der Waals surface area contributed by atoms with Crippen molar-refractivity contribution in [2.24, 2.45) is 0 Å². The van der Waals surface area contributed by atoms with Crippen molar-refractivity contribution in [1.29, 1.82) is 0 Å². The van der Waals surface area contributed by atoms with Crippen molar-refractivity contribution >= 4 is 23.0 Å². The van der Waals surface area contributed by atoms with Gasteiger partial charge in [-0.1, -0.05) is 17.7 Å². The second-order valence-corrected chi connectivity index (χ2v) is 3.71. The Hall–Kier alpha value is -1.15. The predicted octanol–water partition coefficient (Wildman–Crippen LogP) is 3.22. The maximum Gasteiger partial charge on any atom is 0.0623 e. The number of benzene rings is 1. The monoisotopic (exact) mass is 210 g/mol. The van der Waals surface area contributed by atoms with E-state index < -0.39 is 0 Å². The lowest BCUT2D eigenvalue weighted by Crippen LogP contribution is -2.13. The number of rotatable bonds is 3. The lowest BCUT2D eigenvalue weighted by atomic mass is 10.1. The Morgan fingerprint density at radius 3 is 2.79 bits per heavy atom. The van der Waals surface area contributed by atoms with Crippen LogP contribution < -0.4 is 11.1 Å². The van der Waals surface area contributed by atoms with Crippen molar-refractivity contribution in [3.63, 3.8) is 0 Å². The van der Waals surface area contributed by atoms with Gasteiger partial charge in [0.1, 0.15) is 0 Å². The molecule has 0 aliphatic carbocycles. The van der Waals surface area contributed by atoms with E-state index in [9.17, 15) is 0 Å². The second kappa shape index (κ2) is 4.38. The van der Waals surface area contributed by atoms with Gasteiger partial charge < -0.3 is 11.1 Å². The Morgan fingerprint density at radius 1 is 1.57 bits per heavy atom. The average molecular weight is 211 g/mol. The quantitative estimate of drug-likeness (QED) is 0.594. The summed E-state index contributed by atoms with van der Waals surface area (Å²) >= 11 is 5.99. The Bertz CT molecular complexity index is 347. The summed E-state index contributed by atoms with van der Waals surface area (Å²) in [6.45, 7) is 7.65. The molecular weight excluding hydrogens is 196 g/mol. The topological polar surface area (TPSA) is 38.0 Å². The van der Waals surface area contributed by atoms with Gasteiger partial charge in [0.05, 0.1) is 11.4 Å². The molecule has 1 rings (SSSR count). The van der Waals surface area contributed by atoms with Crippen LogP contribution in [0.5, 0.6) is 0 Å². The summed E-state index contributed by atoms with van der Waals surface area (Å²) < 4.78 is 0. The summed E-state index contributed by atoms with van der Waals surface area (Å²) in [6.07, 6.45) is 1.82. The fourth-order valence-corrected chi connectivity index (χ4v) is 1.34. The van der Waals surface area contributed by atoms with Gasteiger partial charge in [0.15, 0.2) is 0 Å². The van der Waals surface area contributed by atoms with Crippen molar-refractivity contribution in [2.45, 2.75) is 19.9 Å². The van der Waals surface area contributed by atoms with Crippen molar-refractivity contribution in [1.82, 2.24) is 0 Å². The fraction of sp³-hybridized carbons (Fsp3) is 0.273. The molecule has 2 nitrogen and oxygen atoms in total. The molecule has 0 amide bonds. The normalized spacial score (nSPS) is 12.2. The molecule has 0 fully saturated rings. The number of nitrogens with one attached hydrogen (secondary N) is 1. The summed E-state index contributed by atoms with van der Waals surface area (Å²) in [5.41, 5.74) is 8.41. The van der Waals surface area contributed by atoms with Gasteiger partial charge >= 0.3 is 0 Å². The number of anilines is 2. The Kier molecular flexibility index (Phi) is 3.42. The highest BCUT2D eigenvalue weighted by Crippen LogP contribution is 2.29. The molecule has 0 heterocycles. The molecule has 76 valence electrons. The largest absolute Gasteiger partial charge is 0.397 e. The summed E-state index contributed by atoms with van der Waals surface area (Å²) in [6, 6.07) is 3.78. The van der Waals surface area contributed by atoms with Gasteiger partial charge in [0.2, 0.25) is 0 Å². The number of halogens is 1. The van der Waals surface area contributed by atoms with E-state index in [2.05, 4.69) is 11.9 Å². The molecule has 0 radical (unpaired) electrons. The summed E-state index contributed by atoms with van der Waals surface area (Å²) in [5, 5.41) is 3.96. The third-order valence-corrected chi connectivity index (χ3v) is 2.57. The zero-order valence-electron chi connectivity index (χ0n) is 8.47. The first-order chi connectivity index (χ1) is 6.56. The molecule has 0 saturated carbocycles. The molecule has 0 aromatic heterocycles. The maximum atomic E-state index is 5.99. The van der Waals surface area contributed by atoms with Crippen molar-refractivity contribution < 1.29 is 0 Å². The molecule has 3 N–H and O–H groups in total. The zero-order valence-corrected chi connectivity index (χ0v) is 9.23. The van der Waals surface area contributed by atoms with E-state index >= 15 is 0 Å². The number of hydrogen-bond donors (Lipinski definition) is 2. The molecule has 1 aromatic rings. The van der Waals surface area contributed by atoms with E-state index in [0.29, 0.717) is 5.69 Å². The highest BCUT2D eigenvalue weighted by molar-refractivity contribution is 6.31. The Balaban J connectivity index is 3.06. The molecule has 3 heteroatoms. The molecule has 0 aliphatic rings. The minimum atomic E-state index is 0.175. The lowest BCUT2D eigenvalue weighted by molar-refractivity contribution is 0.998. The van der Waals surface area contributed by atoms with E-state index in [1.807, 2.05) is 19.9 Å². The van der Waals surface area contributed by atoms with Gasteiger partial charge in [-0.25, -0.2) is 0 Å². The van der Waals surface area contributed by atoms with E-state index in [1.54, 1.807) is 12.1 Å². The van der Waals surface area contributed by atoms with Gasteiger partial charge in [0.25, 0.3) is 0 Å². The minimum absolute atomic E-state index is 0.175. The maximum absolute atomic E-state index is 5.99. The Morgan fingerprint density at radius 2 is 2.21 bits per heavy atom. The molecule has 14 heavy (non-hydrogen) atoms. The number of hydrogen-bond acceptors (Lipinski definition) is 2. The van der Waals surface area contributed by atoms with E-state index in [4.69, 9.17) is 17.3 Å². The van der Waals surface area contributed by atoms with Crippen LogP contribution in [0.4, 0.5) is 11.4 Å². The predicted molar refractivity (Wildman–Crippen MR) is 63.9 cm³/mol. The number of nitrogen functional groups attached to an aromatic ring is 1. The van der Waals surface area contributed by atoms with Crippen LogP contribution in [0, 0.1) is 6.92 Å². The van der Waals surface area contributed by atoms with Gasteiger partial charge in [-0.3, -0.25) is 0 Å². The average Bonchev–Trinajstić information content (AvgIpc) is 2.18. The molecular formula is C11H15ClN2. The summed E-state index contributed by atoms with van der Waals surface area (Å²) in [4.78, 5) is 0. The molecule has 0 saturated heterocycles. The van der Waals surface area contributed by atoms with Gasteiger partial charge in [-0.15, -0.1) is 6.58 Å². The standard InChI is InChI=1S/C11H15ClN2/c1-4-7(2)14-11-8(3)9(12)5-6-10(11)13/h4-7,14H,1,13H2,2-3H3. The number of nitrogens with two attached hydrogens (primary N) is 1. The van der Waals surface area contributed by atoms with Crippen LogP contribution in [0.3, 0.4) is 0 Å². The molecule has 1 aromatic carbocycles. The molecule has 1 unspecified atom stereocenters. The Labute approximate surface area is 89.8 Å². The van der Waals surface area contributed by atoms with E-state index in [-0.39, 0.29) is 6.04 Å². The first kappa shape index (κ1) is 10.9. The first-order valence-electron chi connectivity index (χ1n) is 4.50. The fourth-order valence-electron chi connectivity index (χ4n) is 1.19. The van der Waals surface area contributed by atoms with Crippen molar-refractivity contribution in [3.8, 4) is 0 Å². The van der Waals surface area contributed by atoms with Gasteiger partial charge in [0, 0.05) is 11.1 Å². The van der Waals surface area contributed by atoms with Crippen LogP contribution >= 0.6 is 11.6 Å². The van der Waals surface area contributed by atoms with Gasteiger partial charge in [-0.2, -0.15) is 0 Å². The summed E-state index contributed by atoms with van der Waals surface area (Å²) in [7, 11) is 0. The molecule has 1 atom stereocenters. The third kappa shape index (κ3) is 2.20. The highest BCUT2D eigenvalue weighted by Gasteiger charge is 2.07. The van der Waals surface area contributed by atoms with Crippen LogP contribution in [-0.2, 0) is 0 Å². The van der Waals surface area contributed by atoms with Crippen LogP contribution in [-0.4, -0.2) is 6.04 Å². The SMILES string of the molecule is C=CC(C)Nc1c(N)ccc(Cl)c1C. The van der Waals surface area contributed by atoms with E-state index in [1.165, 1.54) is 0 Å². The van der Waals surface area contributed by atoms with Crippen LogP contribution in [0.25, 0.3) is 0 Å². The van der Waals surface area contributed by atoms with E-state index in [0.717, 1.165) is 16.3 Å². The third-order valence-electron chi connectivity index (χ3n) is 2.16. The van der Waals surface area contributed by atoms with Crippen molar-refractivity contribution in [3.05, 3.63) is 35.4 Å². The van der Waals surface area contributed by atoms with Gasteiger partial charge in [-0.05, 0) is 31.5 Å². The van der Waals surface area contributed by atoms with Crippen molar-refractivity contribution in [2.75, 3.05) is 11.1 Å². The summed E-state index contributed by atoms with van der Waals surface area (Å²) in [5.74, 6) is 0. The van der Waals surface area contributed by atoms with Crippen LogP contribution in [0.2, 0.25) is 5.02 Å². The molecule has 0 bridgehead atoms. The molecule has 0 spiro atoms.